The summed E-state index contributed by atoms with van der Waals surface area (Å²) in [6.07, 6.45) is 2.95. The summed E-state index contributed by atoms with van der Waals surface area (Å²) in [5.74, 6) is -2.07. The van der Waals surface area contributed by atoms with E-state index in [2.05, 4.69) is 19.7 Å². The summed E-state index contributed by atoms with van der Waals surface area (Å²) in [6.45, 7) is 11.6. The molecule has 0 fully saturated rings. The lowest BCUT2D eigenvalue weighted by atomic mass is 10.0. The number of fused-ring (bicyclic) bond motifs is 1. The fraction of sp³-hybridized carbons (Fsp3) is 0.0500. The number of carbonyl (C=O) groups is 3. The van der Waals surface area contributed by atoms with Gasteiger partial charge in [0.25, 0.3) is 0 Å². The van der Waals surface area contributed by atoms with Gasteiger partial charge in [0.2, 0.25) is 0 Å². The number of ether oxygens (including phenoxy) is 3. The highest BCUT2D eigenvalue weighted by atomic mass is 16.6. The van der Waals surface area contributed by atoms with Crippen molar-refractivity contribution in [2.45, 2.75) is 6.92 Å². The van der Waals surface area contributed by atoms with Crippen LogP contribution in [-0.2, 0) is 14.4 Å². The first-order chi connectivity index (χ1) is 12.4. The summed E-state index contributed by atoms with van der Waals surface area (Å²) in [7, 11) is 0. The molecule has 6 nitrogen and oxygen atoms in total. The van der Waals surface area contributed by atoms with Crippen molar-refractivity contribution in [1.82, 2.24) is 0 Å². The van der Waals surface area contributed by atoms with Crippen molar-refractivity contribution in [1.29, 1.82) is 0 Å². The van der Waals surface area contributed by atoms with Crippen LogP contribution in [0.5, 0.6) is 17.2 Å². The zero-order chi connectivity index (χ0) is 19.3. The molecule has 0 bridgehead atoms. The Morgan fingerprint density at radius 2 is 1.12 bits per heavy atom. The number of carbonyl (C=O) groups excluding carboxylic acids is 3. The summed E-state index contributed by atoms with van der Waals surface area (Å²) in [5, 5.41) is 0.900. The molecule has 0 amide bonds. The summed E-state index contributed by atoms with van der Waals surface area (Å²) in [6, 6.07) is 6.73. The Hall–Kier alpha value is -3.67. The van der Waals surface area contributed by atoms with Gasteiger partial charge in [0.15, 0.2) is 11.5 Å². The number of hydrogen-bond acceptors (Lipinski definition) is 6. The van der Waals surface area contributed by atoms with Crippen molar-refractivity contribution in [2.75, 3.05) is 0 Å². The van der Waals surface area contributed by atoms with Crippen LogP contribution < -0.4 is 14.2 Å². The van der Waals surface area contributed by atoms with Gasteiger partial charge in [-0.1, -0.05) is 44.0 Å². The Kier molecular flexibility index (Phi) is 5.70. The molecule has 2 aromatic rings. The average Bonchev–Trinajstić information content (AvgIpc) is 2.66. The van der Waals surface area contributed by atoms with Crippen LogP contribution in [0.3, 0.4) is 0 Å². The molecule has 6 heteroatoms. The van der Waals surface area contributed by atoms with Gasteiger partial charge < -0.3 is 14.2 Å². The largest absolute Gasteiger partial charge is 0.422 e. The molecular formula is C20H16O6. The molecule has 26 heavy (non-hydrogen) atoms. The second-order valence-corrected chi connectivity index (χ2v) is 5.03. The molecule has 0 heterocycles. The van der Waals surface area contributed by atoms with E-state index < -0.39 is 17.9 Å². The Balaban J connectivity index is 2.84. The number of rotatable bonds is 6. The zero-order valence-corrected chi connectivity index (χ0v) is 14.1. The highest BCUT2D eigenvalue weighted by Crippen LogP contribution is 2.45. The van der Waals surface area contributed by atoms with E-state index in [1.54, 1.807) is 31.2 Å². The number of esters is 3. The van der Waals surface area contributed by atoms with Gasteiger partial charge >= 0.3 is 17.9 Å². The molecule has 2 aromatic carbocycles. The van der Waals surface area contributed by atoms with Crippen molar-refractivity contribution in [3.05, 3.63) is 67.8 Å². The fourth-order valence-electron chi connectivity index (χ4n) is 2.26. The van der Waals surface area contributed by atoms with Gasteiger partial charge in [-0.15, -0.1) is 0 Å². The second-order valence-electron chi connectivity index (χ2n) is 5.03. The van der Waals surface area contributed by atoms with E-state index in [4.69, 9.17) is 14.2 Å². The third-order valence-electron chi connectivity index (χ3n) is 3.41. The third kappa shape index (κ3) is 3.70. The van der Waals surface area contributed by atoms with E-state index in [1.165, 1.54) is 0 Å². The van der Waals surface area contributed by atoms with Crippen LogP contribution in [0.2, 0.25) is 0 Å². The monoisotopic (exact) mass is 352 g/mol. The van der Waals surface area contributed by atoms with Gasteiger partial charge in [-0.25, -0.2) is 14.4 Å². The van der Waals surface area contributed by atoms with Crippen LogP contribution in [0.4, 0.5) is 0 Å². The molecular weight excluding hydrogens is 336 g/mol. The maximum absolute atomic E-state index is 11.8. The Bertz CT molecular complexity index is 939. The minimum atomic E-state index is -0.764. The van der Waals surface area contributed by atoms with Crippen LogP contribution in [0, 0.1) is 6.92 Å². The molecule has 0 saturated heterocycles. The average molecular weight is 352 g/mol. The normalized spacial score (nSPS) is 9.88. The quantitative estimate of drug-likeness (QED) is 0.450. The summed E-state index contributed by atoms with van der Waals surface area (Å²) in [5.41, 5.74) is 0.293. The molecule has 0 aliphatic carbocycles. The predicted octanol–water partition coefficient (Wildman–Crippen LogP) is 3.42. The highest BCUT2D eigenvalue weighted by molar-refractivity contribution is 6.02. The summed E-state index contributed by atoms with van der Waals surface area (Å²) >= 11 is 0. The third-order valence-corrected chi connectivity index (χ3v) is 3.41. The first-order valence-corrected chi connectivity index (χ1v) is 7.51. The van der Waals surface area contributed by atoms with E-state index in [1.807, 2.05) is 0 Å². The van der Waals surface area contributed by atoms with Crippen molar-refractivity contribution in [2.24, 2.45) is 0 Å². The predicted molar refractivity (Wildman–Crippen MR) is 96.2 cm³/mol. The first-order valence-electron chi connectivity index (χ1n) is 7.51. The maximum Gasteiger partial charge on any atom is 0.335 e. The van der Waals surface area contributed by atoms with E-state index in [-0.39, 0.29) is 17.2 Å². The molecule has 0 aromatic heterocycles. The van der Waals surface area contributed by atoms with Crippen LogP contribution in [0.25, 0.3) is 10.8 Å². The molecule has 0 atom stereocenters. The smallest absolute Gasteiger partial charge is 0.335 e. The van der Waals surface area contributed by atoms with Gasteiger partial charge in [0.05, 0.1) is 0 Å². The number of benzene rings is 2. The van der Waals surface area contributed by atoms with Crippen LogP contribution in [0.15, 0.2) is 62.2 Å². The Morgan fingerprint density at radius 1 is 0.731 bits per heavy atom. The zero-order valence-electron chi connectivity index (χ0n) is 14.1. The molecule has 132 valence electrons. The molecule has 0 aliphatic rings. The molecule has 2 rings (SSSR count). The minimum absolute atomic E-state index is 0.0107. The van der Waals surface area contributed by atoms with Crippen molar-refractivity contribution in [3.63, 3.8) is 0 Å². The van der Waals surface area contributed by atoms with Crippen LogP contribution >= 0.6 is 0 Å². The van der Waals surface area contributed by atoms with Crippen LogP contribution in [0.1, 0.15) is 5.56 Å². The second kappa shape index (κ2) is 7.94. The van der Waals surface area contributed by atoms with Crippen molar-refractivity contribution >= 4 is 28.7 Å². The minimum Gasteiger partial charge on any atom is -0.422 e. The summed E-state index contributed by atoms with van der Waals surface area (Å²) in [4.78, 5) is 35.2. The number of hydrogen-bond donors (Lipinski definition) is 0. The van der Waals surface area contributed by atoms with Crippen molar-refractivity contribution in [3.8, 4) is 17.2 Å². The lowest BCUT2D eigenvalue weighted by molar-refractivity contribution is -0.131. The van der Waals surface area contributed by atoms with Crippen molar-refractivity contribution < 1.29 is 28.6 Å². The van der Waals surface area contributed by atoms with E-state index in [0.29, 0.717) is 16.3 Å². The molecule has 0 N–H and O–H groups in total. The van der Waals surface area contributed by atoms with Crippen LogP contribution in [-0.4, -0.2) is 17.9 Å². The molecule has 0 aliphatic heterocycles. The first kappa shape index (κ1) is 18.7. The Labute approximate surface area is 150 Å². The van der Waals surface area contributed by atoms with Gasteiger partial charge in [-0.2, -0.15) is 0 Å². The fourth-order valence-corrected chi connectivity index (χ4v) is 2.26. The van der Waals surface area contributed by atoms with E-state index in [9.17, 15) is 14.4 Å². The molecule has 0 radical (unpaired) electrons. The topological polar surface area (TPSA) is 78.9 Å². The van der Waals surface area contributed by atoms with Gasteiger partial charge in [-0.3, -0.25) is 0 Å². The molecule has 0 spiro atoms. The van der Waals surface area contributed by atoms with Gasteiger partial charge in [-0.05, 0) is 6.92 Å². The SMILES string of the molecule is C=CC(=O)Oc1c(C)c(OC(=O)C=C)c2ccccc2c1OC(=O)C=C. The molecule has 0 saturated carbocycles. The standard InChI is InChI=1S/C20H16O6/c1-5-15(21)24-18-12(4)19(25-16(22)6-2)20(26-17(23)7-3)14-11-9-8-10-13(14)18/h5-11H,1-3H2,4H3. The van der Waals surface area contributed by atoms with Gasteiger partial charge in [0.1, 0.15) is 5.75 Å². The lowest BCUT2D eigenvalue weighted by Gasteiger charge is -2.18. The van der Waals surface area contributed by atoms with E-state index in [0.717, 1.165) is 18.2 Å². The van der Waals surface area contributed by atoms with Gasteiger partial charge in [0, 0.05) is 34.6 Å². The van der Waals surface area contributed by atoms with E-state index >= 15 is 0 Å². The maximum atomic E-state index is 11.8. The summed E-state index contributed by atoms with van der Waals surface area (Å²) < 4.78 is 15.9. The molecule has 0 unspecified atom stereocenters. The Morgan fingerprint density at radius 3 is 1.58 bits per heavy atom. The highest BCUT2D eigenvalue weighted by Gasteiger charge is 2.24. The lowest BCUT2D eigenvalue weighted by Crippen LogP contribution is -2.12.